The van der Waals surface area contributed by atoms with E-state index in [4.69, 9.17) is 4.74 Å². The van der Waals surface area contributed by atoms with Crippen molar-refractivity contribution in [2.75, 3.05) is 0 Å². The monoisotopic (exact) mass is 247 g/mol. The molecule has 2 aromatic rings. The number of hydrogen-bond donors (Lipinski definition) is 1. The van der Waals surface area contributed by atoms with Crippen LogP contribution in [-0.2, 0) is 22.7 Å². The Hall–Kier alpha value is -1.81. The Morgan fingerprint density at radius 3 is 2.83 bits per heavy atom. The molecule has 4 nitrogen and oxygen atoms in total. The number of hydrogen-bond acceptors (Lipinski definition) is 3. The van der Waals surface area contributed by atoms with Crippen molar-refractivity contribution in [1.82, 2.24) is 4.57 Å². The van der Waals surface area contributed by atoms with E-state index >= 15 is 0 Å². The number of benzene rings is 1. The van der Waals surface area contributed by atoms with Crippen LogP contribution in [0.25, 0.3) is 10.9 Å². The van der Waals surface area contributed by atoms with Crippen LogP contribution in [-0.4, -0.2) is 21.7 Å². The van der Waals surface area contributed by atoms with Crippen molar-refractivity contribution in [3.63, 3.8) is 0 Å². The lowest BCUT2D eigenvalue weighted by Gasteiger charge is -2.10. The quantitative estimate of drug-likeness (QED) is 0.842. The van der Waals surface area contributed by atoms with Crippen LogP contribution >= 0.6 is 0 Å². The SMILES string of the molecule is CC(C)OC(=O)Cn1ccc2cccc(CO)c21. The lowest BCUT2D eigenvalue weighted by atomic mass is 10.1. The number of nitrogens with zero attached hydrogens (tertiary/aromatic N) is 1. The zero-order valence-electron chi connectivity index (χ0n) is 10.6. The van der Waals surface area contributed by atoms with Gasteiger partial charge in [-0.05, 0) is 25.3 Å². The summed E-state index contributed by atoms with van der Waals surface area (Å²) in [5.74, 6) is -0.268. The molecule has 0 saturated heterocycles. The number of carbonyl (C=O) groups is 1. The van der Waals surface area contributed by atoms with E-state index < -0.39 is 0 Å². The van der Waals surface area contributed by atoms with Gasteiger partial charge in [-0.2, -0.15) is 0 Å². The molecule has 1 aromatic carbocycles. The molecule has 0 fully saturated rings. The third kappa shape index (κ3) is 2.54. The summed E-state index contributed by atoms with van der Waals surface area (Å²) in [6.45, 7) is 3.77. The Balaban J connectivity index is 2.31. The van der Waals surface area contributed by atoms with Gasteiger partial charge in [-0.3, -0.25) is 4.79 Å². The number of fused-ring (bicyclic) bond motifs is 1. The summed E-state index contributed by atoms with van der Waals surface area (Å²) in [6.07, 6.45) is 1.72. The van der Waals surface area contributed by atoms with Gasteiger partial charge in [0.2, 0.25) is 0 Å². The largest absolute Gasteiger partial charge is 0.462 e. The first-order chi connectivity index (χ1) is 8.61. The summed E-state index contributed by atoms with van der Waals surface area (Å²) in [6, 6.07) is 7.63. The minimum atomic E-state index is -0.268. The average molecular weight is 247 g/mol. The maximum absolute atomic E-state index is 11.7. The topological polar surface area (TPSA) is 51.5 Å². The zero-order valence-corrected chi connectivity index (χ0v) is 10.6. The van der Waals surface area contributed by atoms with Gasteiger partial charge in [0.1, 0.15) is 6.54 Å². The van der Waals surface area contributed by atoms with Crippen molar-refractivity contribution in [2.24, 2.45) is 0 Å². The molecule has 0 unspecified atom stereocenters. The molecule has 0 radical (unpaired) electrons. The van der Waals surface area contributed by atoms with Crippen LogP contribution < -0.4 is 0 Å². The molecule has 0 aliphatic carbocycles. The molecule has 0 amide bonds. The summed E-state index contributed by atoms with van der Waals surface area (Å²) in [5, 5.41) is 10.3. The Labute approximate surface area is 106 Å². The molecule has 0 aliphatic heterocycles. The highest BCUT2D eigenvalue weighted by Crippen LogP contribution is 2.20. The second-order valence-electron chi connectivity index (χ2n) is 4.50. The molecule has 0 spiro atoms. The predicted molar refractivity (Wildman–Crippen MR) is 69.1 cm³/mol. The zero-order chi connectivity index (χ0) is 13.1. The van der Waals surface area contributed by atoms with Crippen molar-refractivity contribution < 1.29 is 14.6 Å². The Bertz CT molecular complexity index is 557. The summed E-state index contributed by atoms with van der Waals surface area (Å²) in [5.41, 5.74) is 1.70. The van der Waals surface area contributed by atoms with Gasteiger partial charge in [-0.1, -0.05) is 18.2 Å². The van der Waals surface area contributed by atoms with Gasteiger partial charge < -0.3 is 14.4 Å². The van der Waals surface area contributed by atoms with Crippen molar-refractivity contribution >= 4 is 16.9 Å². The number of aliphatic hydroxyl groups is 1. The molecule has 1 N–H and O–H groups in total. The molecule has 4 heteroatoms. The van der Waals surface area contributed by atoms with Gasteiger partial charge in [0.05, 0.1) is 18.2 Å². The van der Waals surface area contributed by atoms with E-state index in [1.165, 1.54) is 0 Å². The number of rotatable bonds is 4. The van der Waals surface area contributed by atoms with E-state index in [2.05, 4.69) is 0 Å². The first kappa shape index (κ1) is 12.6. The fraction of sp³-hybridized carbons (Fsp3) is 0.357. The fourth-order valence-electron chi connectivity index (χ4n) is 2.04. The molecule has 18 heavy (non-hydrogen) atoms. The smallest absolute Gasteiger partial charge is 0.326 e. The number of carbonyl (C=O) groups excluding carboxylic acids is 1. The molecule has 1 aromatic heterocycles. The first-order valence-corrected chi connectivity index (χ1v) is 5.99. The normalized spacial score (nSPS) is 11.1. The van der Waals surface area contributed by atoms with E-state index in [9.17, 15) is 9.90 Å². The third-order valence-electron chi connectivity index (χ3n) is 2.71. The van der Waals surface area contributed by atoms with Crippen LogP contribution in [0.5, 0.6) is 0 Å². The minimum Gasteiger partial charge on any atom is -0.462 e. The summed E-state index contributed by atoms with van der Waals surface area (Å²) >= 11 is 0. The Morgan fingerprint density at radius 2 is 2.17 bits per heavy atom. The molecule has 2 rings (SSSR count). The predicted octanol–water partition coefficient (Wildman–Crippen LogP) is 2.09. The number of aromatic nitrogens is 1. The average Bonchev–Trinajstić information content (AvgIpc) is 2.71. The van der Waals surface area contributed by atoms with Crippen LogP contribution in [0.1, 0.15) is 19.4 Å². The molecule has 0 bridgehead atoms. The Kier molecular flexibility index (Phi) is 3.67. The van der Waals surface area contributed by atoms with E-state index in [1.807, 2.05) is 48.9 Å². The van der Waals surface area contributed by atoms with E-state index in [0.29, 0.717) is 0 Å². The molecular formula is C14H17NO3. The maximum atomic E-state index is 11.7. The van der Waals surface area contributed by atoms with Crippen LogP contribution in [0, 0.1) is 0 Å². The number of esters is 1. The van der Waals surface area contributed by atoms with Crippen molar-refractivity contribution in [2.45, 2.75) is 33.1 Å². The maximum Gasteiger partial charge on any atom is 0.326 e. The lowest BCUT2D eigenvalue weighted by molar-refractivity contribution is -0.148. The Morgan fingerprint density at radius 1 is 1.39 bits per heavy atom. The van der Waals surface area contributed by atoms with Crippen molar-refractivity contribution in [3.05, 3.63) is 36.0 Å². The third-order valence-corrected chi connectivity index (χ3v) is 2.71. The van der Waals surface area contributed by atoms with E-state index in [0.717, 1.165) is 16.5 Å². The fourth-order valence-corrected chi connectivity index (χ4v) is 2.04. The van der Waals surface area contributed by atoms with Gasteiger partial charge in [0.15, 0.2) is 0 Å². The van der Waals surface area contributed by atoms with Gasteiger partial charge in [-0.25, -0.2) is 0 Å². The summed E-state index contributed by atoms with van der Waals surface area (Å²) in [7, 11) is 0. The van der Waals surface area contributed by atoms with Crippen molar-refractivity contribution in [1.29, 1.82) is 0 Å². The molecule has 0 atom stereocenters. The van der Waals surface area contributed by atoms with Gasteiger partial charge in [0, 0.05) is 11.8 Å². The summed E-state index contributed by atoms with van der Waals surface area (Å²) < 4.78 is 6.93. The van der Waals surface area contributed by atoms with E-state index in [1.54, 1.807) is 0 Å². The first-order valence-electron chi connectivity index (χ1n) is 5.99. The summed E-state index contributed by atoms with van der Waals surface area (Å²) in [4.78, 5) is 11.7. The van der Waals surface area contributed by atoms with Crippen LogP contribution in [0.4, 0.5) is 0 Å². The van der Waals surface area contributed by atoms with E-state index in [-0.39, 0.29) is 25.2 Å². The number of para-hydroxylation sites is 1. The lowest BCUT2D eigenvalue weighted by Crippen LogP contribution is -2.17. The van der Waals surface area contributed by atoms with Gasteiger partial charge in [0.25, 0.3) is 0 Å². The van der Waals surface area contributed by atoms with Crippen LogP contribution in [0.3, 0.4) is 0 Å². The van der Waals surface area contributed by atoms with Gasteiger partial charge in [-0.15, -0.1) is 0 Å². The number of ether oxygens (including phenoxy) is 1. The van der Waals surface area contributed by atoms with Crippen LogP contribution in [0.15, 0.2) is 30.5 Å². The molecule has 1 heterocycles. The molecule has 0 saturated carbocycles. The highest BCUT2D eigenvalue weighted by molar-refractivity contribution is 5.84. The second kappa shape index (κ2) is 5.23. The highest BCUT2D eigenvalue weighted by Gasteiger charge is 2.11. The standard InChI is InChI=1S/C14H17NO3/c1-10(2)18-13(17)8-15-7-6-11-4-3-5-12(9-16)14(11)15/h3-7,10,16H,8-9H2,1-2H3. The highest BCUT2D eigenvalue weighted by atomic mass is 16.5. The molecular weight excluding hydrogens is 230 g/mol. The number of aliphatic hydroxyl groups excluding tert-OH is 1. The van der Waals surface area contributed by atoms with Crippen molar-refractivity contribution in [3.8, 4) is 0 Å². The molecule has 0 aliphatic rings. The second-order valence-corrected chi connectivity index (χ2v) is 4.50. The van der Waals surface area contributed by atoms with Crippen LogP contribution in [0.2, 0.25) is 0 Å². The molecule has 96 valence electrons. The van der Waals surface area contributed by atoms with Gasteiger partial charge >= 0.3 is 5.97 Å². The minimum absolute atomic E-state index is 0.0411.